The lowest BCUT2D eigenvalue weighted by Crippen LogP contribution is -2.29. The highest BCUT2D eigenvalue weighted by Crippen LogP contribution is 2.29. The lowest BCUT2D eigenvalue weighted by Gasteiger charge is -2.31. The molecule has 0 fully saturated rings. The molecule has 13 heavy (non-hydrogen) atoms. The zero-order valence-electron chi connectivity index (χ0n) is 8.67. The Morgan fingerprint density at radius 3 is 2.92 bits per heavy atom. The van der Waals surface area contributed by atoms with Crippen LogP contribution in [0.1, 0.15) is 29.5 Å². The predicted molar refractivity (Wildman–Crippen MR) is 55.9 cm³/mol. The van der Waals surface area contributed by atoms with Crippen molar-refractivity contribution in [2.24, 2.45) is 0 Å². The highest BCUT2D eigenvalue weighted by molar-refractivity contribution is 5.38. The van der Waals surface area contributed by atoms with Crippen molar-refractivity contribution < 1.29 is 0 Å². The van der Waals surface area contributed by atoms with Crippen molar-refractivity contribution >= 4 is 0 Å². The van der Waals surface area contributed by atoms with Gasteiger partial charge in [-0.15, -0.1) is 0 Å². The van der Waals surface area contributed by atoms with Crippen LogP contribution in [0.5, 0.6) is 0 Å². The van der Waals surface area contributed by atoms with E-state index in [0.29, 0.717) is 5.92 Å². The Balaban J connectivity index is 2.49. The maximum absolute atomic E-state index is 2.40. The molecule has 1 aliphatic heterocycles. The highest BCUT2D eigenvalue weighted by Gasteiger charge is 2.20. The molecule has 2 rings (SSSR count). The smallest absolute Gasteiger partial charge is 0.0233 e. The summed E-state index contributed by atoms with van der Waals surface area (Å²) in [6, 6.07) is 6.65. The summed E-state index contributed by atoms with van der Waals surface area (Å²) in [4.78, 5) is 2.40. The number of rotatable bonds is 0. The number of aryl methyl sites for hydroxylation is 1. The molecule has 0 bridgehead atoms. The maximum atomic E-state index is 2.40. The molecule has 0 radical (unpaired) electrons. The first-order chi connectivity index (χ1) is 6.18. The van der Waals surface area contributed by atoms with Crippen molar-refractivity contribution in [3.05, 3.63) is 34.9 Å². The molecule has 1 nitrogen and oxygen atoms in total. The molecule has 1 heteroatoms. The van der Waals surface area contributed by atoms with Gasteiger partial charge in [-0.2, -0.15) is 0 Å². The van der Waals surface area contributed by atoms with E-state index >= 15 is 0 Å². The van der Waals surface area contributed by atoms with Gasteiger partial charge in [0.15, 0.2) is 0 Å². The molecule has 0 saturated heterocycles. The molecule has 0 saturated carbocycles. The SMILES string of the molecule is Cc1cccc2c1C(C)CN(C)C2. The van der Waals surface area contributed by atoms with E-state index in [9.17, 15) is 0 Å². The van der Waals surface area contributed by atoms with Crippen LogP contribution in [0.3, 0.4) is 0 Å². The third-order valence-corrected chi connectivity index (χ3v) is 2.93. The zero-order chi connectivity index (χ0) is 9.42. The van der Waals surface area contributed by atoms with E-state index < -0.39 is 0 Å². The summed E-state index contributed by atoms with van der Waals surface area (Å²) >= 11 is 0. The van der Waals surface area contributed by atoms with Crippen LogP contribution in [0.15, 0.2) is 18.2 Å². The number of hydrogen-bond donors (Lipinski definition) is 0. The minimum Gasteiger partial charge on any atom is -0.302 e. The molecular weight excluding hydrogens is 158 g/mol. The minimum atomic E-state index is 0.690. The molecule has 1 unspecified atom stereocenters. The van der Waals surface area contributed by atoms with Gasteiger partial charge in [0.05, 0.1) is 0 Å². The second-order valence-electron chi connectivity index (χ2n) is 4.25. The van der Waals surface area contributed by atoms with E-state index in [-0.39, 0.29) is 0 Å². The van der Waals surface area contributed by atoms with Crippen LogP contribution in [-0.4, -0.2) is 18.5 Å². The molecule has 0 amide bonds. The van der Waals surface area contributed by atoms with Crippen molar-refractivity contribution in [3.63, 3.8) is 0 Å². The van der Waals surface area contributed by atoms with Gasteiger partial charge in [0, 0.05) is 13.1 Å². The zero-order valence-corrected chi connectivity index (χ0v) is 8.67. The summed E-state index contributed by atoms with van der Waals surface area (Å²) in [6.07, 6.45) is 0. The molecule has 1 atom stereocenters. The standard InChI is InChI=1S/C12H17N/c1-9-5-4-6-11-8-13(3)7-10(2)12(9)11/h4-6,10H,7-8H2,1-3H3. The molecule has 0 aliphatic carbocycles. The molecule has 0 N–H and O–H groups in total. The largest absolute Gasteiger partial charge is 0.302 e. The maximum Gasteiger partial charge on any atom is 0.0233 e. The fourth-order valence-electron chi connectivity index (χ4n) is 2.50. The molecule has 1 aliphatic rings. The molecule has 0 spiro atoms. The first-order valence-corrected chi connectivity index (χ1v) is 4.95. The van der Waals surface area contributed by atoms with Gasteiger partial charge >= 0.3 is 0 Å². The Morgan fingerprint density at radius 1 is 1.38 bits per heavy atom. The predicted octanol–water partition coefficient (Wildman–Crippen LogP) is 2.54. The van der Waals surface area contributed by atoms with E-state index in [2.05, 4.69) is 44.0 Å². The molecule has 1 aromatic carbocycles. The van der Waals surface area contributed by atoms with Crippen LogP contribution in [0.2, 0.25) is 0 Å². The molecule has 1 heterocycles. The summed E-state index contributed by atoms with van der Waals surface area (Å²) in [5.74, 6) is 0.690. The van der Waals surface area contributed by atoms with E-state index in [1.165, 1.54) is 17.7 Å². The Bertz CT molecular complexity index is 317. The van der Waals surface area contributed by atoms with Gasteiger partial charge < -0.3 is 4.90 Å². The second kappa shape index (κ2) is 3.15. The summed E-state index contributed by atoms with van der Waals surface area (Å²) in [7, 11) is 2.20. The van der Waals surface area contributed by atoms with Gasteiger partial charge in [0.2, 0.25) is 0 Å². The van der Waals surface area contributed by atoms with Crippen molar-refractivity contribution in [1.82, 2.24) is 4.90 Å². The molecule has 1 aromatic rings. The Labute approximate surface area is 80.4 Å². The Kier molecular flexibility index (Phi) is 2.12. The van der Waals surface area contributed by atoms with Crippen molar-refractivity contribution in [1.29, 1.82) is 0 Å². The fraction of sp³-hybridized carbons (Fsp3) is 0.500. The first kappa shape index (κ1) is 8.76. The Morgan fingerprint density at radius 2 is 2.15 bits per heavy atom. The summed E-state index contributed by atoms with van der Waals surface area (Å²) in [5.41, 5.74) is 4.56. The summed E-state index contributed by atoms with van der Waals surface area (Å²) < 4.78 is 0. The van der Waals surface area contributed by atoms with E-state index in [0.717, 1.165) is 6.54 Å². The lowest BCUT2D eigenvalue weighted by molar-refractivity contribution is 0.287. The average molecular weight is 175 g/mol. The lowest BCUT2D eigenvalue weighted by atomic mass is 9.88. The number of benzene rings is 1. The van der Waals surface area contributed by atoms with Crippen LogP contribution in [0.4, 0.5) is 0 Å². The average Bonchev–Trinajstić information content (AvgIpc) is 2.02. The number of fused-ring (bicyclic) bond motifs is 1. The van der Waals surface area contributed by atoms with Gasteiger partial charge in [0.1, 0.15) is 0 Å². The fourth-order valence-corrected chi connectivity index (χ4v) is 2.50. The summed E-state index contributed by atoms with van der Waals surface area (Å²) in [5, 5.41) is 0. The van der Waals surface area contributed by atoms with Gasteiger partial charge in [-0.1, -0.05) is 25.1 Å². The van der Waals surface area contributed by atoms with Crippen molar-refractivity contribution in [2.45, 2.75) is 26.3 Å². The number of nitrogens with zero attached hydrogens (tertiary/aromatic N) is 1. The monoisotopic (exact) mass is 175 g/mol. The van der Waals surface area contributed by atoms with Crippen LogP contribution in [-0.2, 0) is 6.54 Å². The van der Waals surface area contributed by atoms with Crippen LogP contribution in [0, 0.1) is 6.92 Å². The van der Waals surface area contributed by atoms with E-state index in [4.69, 9.17) is 0 Å². The van der Waals surface area contributed by atoms with Crippen LogP contribution in [0.25, 0.3) is 0 Å². The number of likely N-dealkylation sites (N-methyl/N-ethyl adjacent to an activating group) is 1. The van der Waals surface area contributed by atoms with Gasteiger partial charge in [-0.3, -0.25) is 0 Å². The highest BCUT2D eigenvalue weighted by atomic mass is 15.1. The molecular formula is C12H17N. The van der Waals surface area contributed by atoms with E-state index in [1.54, 1.807) is 5.56 Å². The summed E-state index contributed by atoms with van der Waals surface area (Å²) in [6.45, 7) is 6.85. The quantitative estimate of drug-likeness (QED) is 0.585. The first-order valence-electron chi connectivity index (χ1n) is 4.95. The topological polar surface area (TPSA) is 3.24 Å². The number of hydrogen-bond acceptors (Lipinski definition) is 1. The van der Waals surface area contributed by atoms with Crippen molar-refractivity contribution in [3.8, 4) is 0 Å². The molecule has 0 aromatic heterocycles. The van der Waals surface area contributed by atoms with Crippen LogP contribution >= 0.6 is 0 Å². The normalized spacial score (nSPS) is 22.8. The third-order valence-electron chi connectivity index (χ3n) is 2.93. The van der Waals surface area contributed by atoms with Crippen LogP contribution < -0.4 is 0 Å². The van der Waals surface area contributed by atoms with Gasteiger partial charge in [-0.25, -0.2) is 0 Å². The minimum absolute atomic E-state index is 0.690. The third kappa shape index (κ3) is 1.49. The van der Waals surface area contributed by atoms with Gasteiger partial charge in [0.25, 0.3) is 0 Å². The van der Waals surface area contributed by atoms with E-state index in [1.807, 2.05) is 0 Å². The van der Waals surface area contributed by atoms with Crippen molar-refractivity contribution in [2.75, 3.05) is 13.6 Å². The second-order valence-corrected chi connectivity index (χ2v) is 4.25. The molecule has 70 valence electrons. The Hall–Kier alpha value is -0.820. The van der Waals surface area contributed by atoms with Gasteiger partial charge in [-0.05, 0) is 36.6 Å².